The molecule has 1 aromatic rings. The van der Waals surface area contributed by atoms with Crippen molar-refractivity contribution < 1.29 is 17.9 Å². The third kappa shape index (κ3) is 2.59. The Morgan fingerprint density at radius 2 is 2.17 bits per heavy atom. The predicted octanol–water partition coefficient (Wildman–Crippen LogP) is 1.75. The number of carbonyl (C=O) groups is 1. The zero-order valence-electron chi connectivity index (χ0n) is 9.72. The van der Waals surface area contributed by atoms with Crippen LogP contribution in [0.15, 0.2) is 23.1 Å². The van der Waals surface area contributed by atoms with Crippen LogP contribution >= 0.6 is 10.7 Å². The topological polar surface area (TPSA) is 63.7 Å². The maximum atomic E-state index is 11.6. The van der Waals surface area contributed by atoms with E-state index in [-0.39, 0.29) is 10.8 Å². The van der Waals surface area contributed by atoms with Gasteiger partial charge in [0.2, 0.25) is 5.91 Å². The summed E-state index contributed by atoms with van der Waals surface area (Å²) in [4.78, 5) is 13.0. The average molecular weight is 290 g/mol. The number of benzene rings is 1. The highest BCUT2D eigenvalue weighted by Gasteiger charge is 2.22. The van der Waals surface area contributed by atoms with E-state index in [0.717, 1.165) is 0 Å². The molecule has 5 nitrogen and oxygen atoms in total. The average Bonchev–Trinajstić information content (AvgIpc) is 2.48. The first-order valence-electron chi connectivity index (χ1n) is 5.39. The van der Waals surface area contributed by atoms with E-state index in [1.807, 2.05) is 0 Å². The molecule has 0 aromatic heterocycles. The Morgan fingerprint density at radius 3 is 2.78 bits per heavy atom. The Bertz CT molecular complexity index is 585. The molecular formula is C11H12ClNO4S. The Balaban J connectivity index is 2.56. The molecular weight excluding hydrogens is 278 g/mol. The van der Waals surface area contributed by atoms with Crippen molar-refractivity contribution in [2.75, 3.05) is 18.1 Å². The van der Waals surface area contributed by atoms with Crippen molar-refractivity contribution >= 4 is 31.3 Å². The number of ether oxygens (including phenoxy) is 1. The van der Waals surface area contributed by atoms with Crippen molar-refractivity contribution in [3.05, 3.63) is 18.2 Å². The van der Waals surface area contributed by atoms with Gasteiger partial charge in [0.25, 0.3) is 9.05 Å². The molecule has 98 valence electrons. The van der Waals surface area contributed by atoms with Gasteiger partial charge >= 0.3 is 0 Å². The molecule has 0 atom stereocenters. The van der Waals surface area contributed by atoms with E-state index in [1.54, 1.807) is 0 Å². The summed E-state index contributed by atoms with van der Waals surface area (Å²) in [5.74, 6) is 0.331. The molecule has 0 radical (unpaired) electrons. The first-order chi connectivity index (χ1) is 8.39. The van der Waals surface area contributed by atoms with Gasteiger partial charge < -0.3 is 9.64 Å². The zero-order chi connectivity index (χ0) is 13.3. The van der Waals surface area contributed by atoms with Gasteiger partial charge in [-0.25, -0.2) is 8.42 Å². The summed E-state index contributed by atoms with van der Waals surface area (Å²) in [7, 11) is 1.48. The van der Waals surface area contributed by atoms with Gasteiger partial charge in [-0.3, -0.25) is 4.79 Å². The molecule has 0 N–H and O–H groups in total. The molecule has 2 rings (SSSR count). The van der Waals surface area contributed by atoms with Crippen molar-refractivity contribution in [3.8, 4) is 5.75 Å². The van der Waals surface area contributed by atoms with Gasteiger partial charge in [0.15, 0.2) is 0 Å². The molecule has 1 aliphatic rings. The lowest BCUT2D eigenvalue weighted by Gasteiger charge is -2.20. The lowest BCUT2D eigenvalue weighted by Crippen LogP contribution is -2.28. The number of rotatable bonds is 1. The van der Waals surface area contributed by atoms with Crippen molar-refractivity contribution in [3.63, 3.8) is 0 Å². The highest BCUT2D eigenvalue weighted by atomic mass is 35.7. The number of nitrogens with zero attached hydrogens (tertiary/aromatic N) is 1. The fourth-order valence-corrected chi connectivity index (χ4v) is 2.61. The van der Waals surface area contributed by atoms with E-state index in [4.69, 9.17) is 15.4 Å². The third-order valence-electron chi connectivity index (χ3n) is 2.67. The lowest BCUT2D eigenvalue weighted by atomic mass is 10.2. The van der Waals surface area contributed by atoms with E-state index in [9.17, 15) is 13.2 Å². The first-order valence-corrected chi connectivity index (χ1v) is 7.70. The van der Waals surface area contributed by atoms with Crippen LogP contribution in [0.3, 0.4) is 0 Å². The molecule has 0 saturated heterocycles. The lowest BCUT2D eigenvalue weighted by molar-refractivity contribution is -0.116. The van der Waals surface area contributed by atoms with Crippen molar-refractivity contribution in [2.24, 2.45) is 0 Å². The number of carbonyl (C=O) groups excluding carboxylic acids is 1. The zero-order valence-corrected chi connectivity index (χ0v) is 11.3. The summed E-state index contributed by atoms with van der Waals surface area (Å²) >= 11 is 0. The van der Waals surface area contributed by atoms with E-state index < -0.39 is 9.05 Å². The monoisotopic (exact) mass is 289 g/mol. The van der Waals surface area contributed by atoms with Crippen LogP contribution in [0, 0.1) is 0 Å². The van der Waals surface area contributed by atoms with Gasteiger partial charge in [0.1, 0.15) is 5.75 Å². The Hall–Kier alpha value is -1.27. The third-order valence-corrected chi connectivity index (χ3v) is 4.02. The summed E-state index contributed by atoms with van der Waals surface area (Å²) in [6, 6.07) is 4.25. The molecule has 1 aliphatic heterocycles. The van der Waals surface area contributed by atoms with Crippen LogP contribution in [0.5, 0.6) is 5.75 Å². The molecule has 1 aromatic carbocycles. The number of fused-ring (bicyclic) bond motifs is 1. The second-order valence-corrected chi connectivity index (χ2v) is 6.51. The van der Waals surface area contributed by atoms with Crippen molar-refractivity contribution in [2.45, 2.75) is 18.2 Å². The largest absolute Gasteiger partial charge is 0.491 e. The van der Waals surface area contributed by atoms with Crippen LogP contribution in [-0.4, -0.2) is 27.5 Å². The summed E-state index contributed by atoms with van der Waals surface area (Å²) < 4.78 is 28.1. The summed E-state index contributed by atoms with van der Waals surface area (Å²) in [6.07, 6.45) is 0.692. The molecule has 0 fully saturated rings. The summed E-state index contributed by atoms with van der Waals surface area (Å²) in [6.45, 7) is 2.41. The minimum atomic E-state index is -3.82. The maximum absolute atomic E-state index is 11.6. The normalized spacial score (nSPS) is 15.6. The van der Waals surface area contributed by atoms with Crippen LogP contribution in [0.1, 0.15) is 13.3 Å². The quantitative estimate of drug-likeness (QED) is 0.739. The molecule has 0 spiro atoms. The highest BCUT2D eigenvalue weighted by Crippen LogP contribution is 2.34. The standard InChI is InChI=1S/C11H12ClNO4S/c1-8(14)13-5-2-6-17-11-4-3-9(7-10(11)13)18(12,15)16/h3-4,7H,2,5-6H2,1H3. The number of halogens is 1. The van der Waals surface area contributed by atoms with Gasteiger partial charge in [-0.1, -0.05) is 0 Å². The van der Waals surface area contributed by atoms with Gasteiger partial charge in [-0.2, -0.15) is 0 Å². The predicted molar refractivity (Wildman–Crippen MR) is 67.6 cm³/mol. The second-order valence-electron chi connectivity index (χ2n) is 3.94. The van der Waals surface area contributed by atoms with Crippen LogP contribution in [0.4, 0.5) is 5.69 Å². The fraction of sp³-hybridized carbons (Fsp3) is 0.364. The fourth-order valence-electron chi connectivity index (χ4n) is 1.83. The van der Waals surface area contributed by atoms with E-state index in [1.165, 1.54) is 30.0 Å². The first kappa shape index (κ1) is 13.2. The SMILES string of the molecule is CC(=O)N1CCCOc2ccc(S(=O)(=O)Cl)cc21. The van der Waals surface area contributed by atoms with E-state index in [2.05, 4.69) is 0 Å². The number of hydrogen-bond donors (Lipinski definition) is 0. The Labute approximate surface area is 110 Å². The minimum absolute atomic E-state index is 0.0420. The second kappa shape index (κ2) is 4.78. The number of amides is 1. The maximum Gasteiger partial charge on any atom is 0.261 e. The summed E-state index contributed by atoms with van der Waals surface area (Å²) in [5, 5.41) is 0. The van der Waals surface area contributed by atoms with Crippen LogP contribution < -0.4 is 9.64 Å². The minimum Gasteiger partial charge on any atom is -0.491 e. The number of hydrogen-bond acceptors (Lipinski definition) is 4. The molecule has 1 heterocycles. The Kier molecular flexibility index (Phi) is 3.49. The van der Waals surface area contributed by atoms with E-state index in [0.29, 0.717) is 31.0 Å². The van der Waals surface area contributed by atoms with Crippen molar-refractivity contribution in [1.29, 1.82) is 0 Å². The van der Waals surface area contributed by atoms with Gasteiger partial charge in [-0.05, 0) is 24.6 Å². The molecule has 0 aliphatic carbocycles. The molecule has 1 amide bonds. The van der Waals surface area contributed by atoms with Crippen LogP contribution in [0.25, 0.3) is 0 Å². The molecule has 0 unspecified atom stereocenters. The highest BCUT2D eigenvalue weighted by molar-refractivity contribution is 8.13. The molecule has 0 saturated carbocycles. The molecule has 0 bridgehead atoms. The van der Waals surface area contributed by atoms with Gasteiger partial charge in [0, 0.05) is 24.2 Å². The Morgan fingerprint density at radius 1 is 1.44 bits per heavy atom. The van der Waals surface area contributed by atoms with Gasteiger partial charge in [-0.15, -0.1) is 0 Å². The molecule has 7 heteroatoms. The van der Waals surface area contributed by atoms with Crippen molar-refractivity contribution in [1.82, 2.24) is 0 Å². The summed E-state index contributed by atoms with van der Waals surface area (Å²) in [5.41, 5.74) is 0.446. The smallest absolute Gasteiger partial charge is 0.261 e. The van der Waals surface area contributed by atoms with Crippen LogP contribution in [0.2, 0.25) is 0 Å². The molecule has 18 heavy (non-hydrogen) atoms. The van der Waals surface area contributed by atoms with Crippen LogP contribution in [-0.2, 0) is 13.8 Å². The van der Waals surface area contributed by atoms with Gasteiger partial charge in [0.05, 0.1) is 17.2 Å². The number of anilines is 1. The van der Waals surface area contributed by atoms with E-state index >= 15 is 0 Å².